The summed E-state index contributed by atoms with van der Waals surface area (Å²) in [6.45, 7) is 2.01. The van der Waals surface area contributed by atoms with Gasteiger partial charge in [-0.3, -0.25) is 4.79 Å². The van der Waals surface area contributed by atoms with Gasteiger partial charge in [-0.15, -0.1) is 0 Å². The second-order valence-electron chi connectivity index (χ2n) is 6.66. The standard InChI is InChI=1S/C22H21NO4S/c1-16-3-11-20(12-4-16)27-21-13-9-19(10-14-21)23-22(24)18-7-5-17(6-8-18)15-28(2,25)26/h3-14H,15H2,1-2H3,(H,23,24). The molecule has 144 valence electrons. The zero-order valence-corrected chi connectivity index (χ0v) is 16.5. The van der Waals surface area contributed by atoms with Crippen molar-refractivity contribution in [2.45, 2.75) is 12.7 Å². The number of nitrogens with one attached hydrogen (secondary N) is 1. The molecule has 0 saturated heterocycles. The van der Waals surface area contributed by atoms with Gasteiger partial charge in [-0.05, 0) is 61.0 Å². The molecular formula is C22H21NO4S. The third kappa shape index (κ3) is 5.69. The van der Waals surface area contributed by atoms with E-state index in [4.69, 9.17) is 4.74 Å². The maximum Gasteiger partial charge on any atom is 0.255 e. The Morgan fingerprint density at radius 3 is 1.93 bits per heavy atom. The third-order valence-corrected chi connectivity index (χ3v) is 4.87. The van der Waals surface area contributed by atoms with E-state index in [1.54, 1.807) is 48.5 Å². The van der Waals surface area contributed by atoms with Crippen LogP contribution in [0.4, 0.5) is 5.69 Å². The number of rotatable bonds is 6. The molecule has 28 heavy (non-hydrogen) atoms. The number of hydrogen-bond donors (Lipinski definition) is 1. The molecular weight excluding hydrogens is 374 g/mol. The summed E-state index contributed by atoms with van der Waals surface area (Å²) < 4.78 is 28.4. The highest BCUT2D eigenvalue weighted by Crippen LogP contribution is 2.23. The van der Waals surface area contributed by atoms with Crippen molar-refractivity contribution in [1.29, 1.82) is 0 Å². The summed E-state index contributed by atoms with van der Waals surface area (Å²) in [5.74, 6) is 1.11. The molecule has 0 aliphatic rings. The first kappa shape index (κ1) is 19.6. The van der Waals surface area contributed by atoms with E-state index >= 15 is 0 Å². The van der Waals surface area contributed by atoms with Gasteiger partial charge in [-0.25, -0.2) is 8.42 Å². The third-order valence-electron chi connectivity index (χ3n) is 4.01. The number of sulfone groups is 1. The van der Waals surface area contributed by atoms with Crippen LogP contribution < -0.4 is 10.1 Å². The molecule has 0 aromatic heterocycles. The Balaban J connectivity index is 1.61. The van der Waals surface area contributed by atoms with Crippen molar-refractivity contribution in [3.63, 3.8) is 0 Å². The number of carbonyl (C=O) groups excluding carboxylic acids is 1. The molecule has 6 heteroatoms. The van der Waals surface area contributed by atoms with E-state index < -0.39 is 9.84 Å². The van der Waals surface area contributed by atoms with Crippen molar-refractivity contribution in [1.82, 2.24) is 0 Å². The van der Waals surface area contributed by atoms with Crippen LogP contribution >= 0.6 is 0 Å². The smallest absolute Gasteiger partial charge is 0.255 e. The largest absolute Gasteiger partial charge is 0.457 e. The normalized spacial score (nSPS) is 11.1. The fourth-order valence-electron chi connectivity index (χ4n) is 2.61. The number of anilines is 1. The highest BCUT2D eigenvalue weighted by atomic mass is 32.2. The minimum absolute atomic E-state index is 0.0443. The van der Waals surface area contributed by atoms with Gasteiger partial charge in [-0.2, -0.15) is 0 Å². The summed E-state index contributed by atoms with van der Waals surface area (Å²) in [5, 5.41) is 2.81. The topological polar surface area (TPSA) is 72.5 Å². The van der Waals surface area contributed by atoms with E-state index in [0.29, 0.717) is 22.6 Å². The van der Waals surface area contributed by atoms with Crippen LogP contribution in [0.25, 0.3) is 0 Å². The van der Waals surface area contributed by atoms with E-state index in [0.717, 1.165) is 11.3 Å². The lowest BCUT2D eigenvalue weighted by Crippen LogP contribution is -2.12. The van der Waals surface area contributed by atoms with E-state index in [2.05, 4.69) is 5.32 Å². The zero-order valence-electron chi connectivity index (χ0n) is 15.7. The van der Waals surface area contributed by atoms with E-state index in [1.807, 2.05) is 31.2 Å². The number of benzene rings is 3. The summed E-state index contributed by atoms with van der Waals surface area (Å²) in [4.78, 5) is 12.4. The average molecular weight is 395 g/mol. The molecule has 0 aliphatic carbocycles. The summed E-state index contributed by atoms with van der Waals surface area (Å²) >= 11 is 0. The molecule has 0 fully saturated rings. The Bertz CT molecular complexity index is 1060. The van der Waals surface area contributed by atoms with Crippen LogP contribution in [-0.2, 0) is 15.6 Å². The Hall–Kier alpha value is -3.12. The Labute approximate surface area is 164 Å². The molecule has 0 aliphatic heterocycles. The number of ether oxygens (including phenoxy) is 1. The molecule has 5 nitrogen and oxygen atoms in total. The van der Waals surface area contributed by atoms with Crippen molar-refractivity contribution in [3.05, 3.63) is 89.5 Å². The van der Waals surface area contributed by atoms with Crippen LogP contribution in [0.5, 0.6) is 11.5 Å². The molecule has 0 heterocycles. The molecule has 0 radical (unpaired) electrons. The Kier molecular flexibility index (Phi) is 5.80. The Morgan fingerprint density at radius 2 is 1.39 bits per heavy atom. The summed E-state index contributed by atoms with van der Waals surface area (Å²) in [7, 11) is -3.10. The minimum atomic E-state index is -3.10. The molecule has 0 saturated carbocycles. The predicted octanol–water partition coefficient (Wildman–Crippen LogP) is 4.58. The fourth-order valence-corrected chi connectivity index (χ4v) is 3.41. The first-order valence-electron chi connectivity index (χ1n) is 8.71. The lowest BCUT2D eigenvalue weighted by Gasteiger charge is -2.09. The first-order valence-corrected chi connectivity index (χ1v) is 10.8. The number of carbonyl (C=O) groups is 1. The monoisotopic (exact) mass is 395 g/mol. The Morgan fingerprint density at radius 1 is 0.857 bits per heavy atom. The van der Waals surface area contributed by atoms with E-state index in [9.17, 15) is 13.2 Å². The highest BCUT2D eigenvalue weighted by molar-refractivity contribution is 7.89. The van der Waals surface area contributed by atoms with E-state index in [1.165, 1.54) is 6.26 Å². The van der Waals surface area contributed by atoms with Crippen molar-refractivity contribution in [3.8, 4) is 11.5 Å². The van der Waals surface area contributed by atoms with Crippen LogP contribution in [0.15, 0.2) is 72.8 Å². The zero-order chi connectivity index (χ0) is 20.1. The first-order chi connectivity index (χ1) is 13.3. The molecule has 0 atom stereocenters. The fraction of sp³-hybridized carbons (Fsp3) is 0.136. The molecule has 0 unspecified atom stereocenters. The molecule has 3 rings (SSSR count). The van der Waals surface area contributed by atoms with Gasteiger partial charge in [0, 0.05) is 17.5 Å². The van der Waals surface area contributed by atoms with Gasteiger partial charge < -0.3 is 10.1 Å². The van der Waals surface area contributed by atoms with Gasteiger partial charge in [-0.1, -0.05) is 29.8 Å². The van der Waals surface area contributed by atoms with Crippen LogP contribution in [0.1, 0.15) is 21.5 Å². The number of amides is 1. The number of aryl methyl sites for hydroxylation is 1. The van der Waals surface area contributed by atoms with Crippen LogP contribution in [-0.4, -0.2) is 20.6 Å². The van der Waals surface area contributed by atoms with Gasteiger partial charge in [0.15, 0.2) is 9.84 Å². The minimum Gasteiger partial charge on any atom is -0.457 e. The van der Waals surface area contributed by atoms with Crippen LogP contribution in [0.3, 0.4) is 0 Å². The molecule has 3 aromatic carbocycles. The lowest BCUT2D eigenvalue weighted by molar-refractivity contribution is 0.102. The summed E-state index contributed by atoms with van der Waals surface area (Å²) in [5.41, 5.74) is 2.91. The second kappa shape index (κ2) is 8.27. The second-order valence-corrected chi connectivity index (χ2v) is 8.80. The maximum atomic E-state index is 12.4. The van der Waals surface area contributed by atoms with Crippen molar-refractivity contribution >= 4 is 21.4 Å². The maximum absolute atomic E-state index is 12.4. The number of hydrogen-bond acceptors (Lipinski definition) is 4. The summed E-state index contributed by atoms with van der Waals surface area (Å²) in [6, 6.07) is 21.4. The molecule has 0 bridgehead atoms. The van der Waals surface area contributed by atoms with Crippen LogP contribution in [0, 0.1) is 6.92 Å². The molecule has 3 aromatic rings. The van der Waals surface area contributed by atoms with Gasteiger partial charge in [0.05, 0.1) is 5.75 Å². The highest BCUT2D eigenvalue weighted by Gasteiger charge is 2.09. The lowest BCUT2D eigenvalue weighted by atomic mass is 10.1. The SMILES string of the molecule is Cc1ccc(Oc2ccc(NC(=O)c3ccc(CS(C)(=O)=O)cc3)cc2)cc1. The molecule has 1 amide bonds. The van der Waals surface area contributed by atoms with Gasteiger partial charge in [0.1, 0.15) is 11.5 Å². The van der Waals surface area contributed by atoms with Gasteiger partial charge >= 0.3 is 0 Å². The van der Waals surface area contributed by atoms with Gasteiger partial charge in [0.2, 0.25) is 0 Å². The molecule has 0 spiro atoms. The van der Waals surface area contributed by atoms with Gasteiger partial charge in [0.25, 0.3) is 5.91 Å². The quantitative estimate of drug-likeness (QED) is 0.663. The predicted molar refractivity (Wildman–Crippen MR) is 111 cm³/mol. The van der Waals surface area contributed by atoms with E-state index in [-0.39, 0.29) is 11.7 Å². The molecule has 1 N–H and O–H groups in total. The van der Waals surface area contributed by atoms with Crippen molar-refractivity contribution < 1.29 is 17.9 Å². The van der Waals surface area contributed by atoms with Crippen LogP contribution in [0.2, 0.25) is 0 Å². The average Bonchev–Trinajstić information content (AvgIpc) is 2.64. The van der Waals surface area contributed by atoms with Crippen molar-refractivity contribution in [2.75, 3.05) is 11.6 Å². The summed E-state index contributed by atoms with van der Waals surface area (Å²) in [6.07, 6.45) is 1.18. The van der Waals surface area contributed by atoms with Crippen molar-refractivity contribution in [2.24, 2.45) is 0 Å².